The predicted molar refractivity (Wildman–Crippen MR) is 109 cm³/mol. The highest BCUT2D eigenvalue weighted by molar-refractivity contribution is 7.92. The maximum absolute atomic E-state index is 12.7. The summed E-state index contributed by atoms with van der Waals surface area (Å²) in [6, 6.07) is 9.06. The number of nitrogens with zero attached hydrogens (tertiary/aromatic N) is 2. The van der Waals surface area contributed by atoms with Gasteiger partial charge in [0.05, 0.1) is 15.5 Å². The fourth-order valence-corrected chi connectivity index (χ4v) is 4.24. The Kier molecular flexibility index (Phi) is 5.64. The van der Waals surface area contributed by atoms with Crippen LogP contribution >= 0.6 is 0 Å². The van der Waals surface area contributed by atoms with Crippen molar-refractivity contribution in [2.24, 2.45) is 5.10 Å². The molecule has 0 aromatic heterocycles. The van der Waals surface area contributed by atoms with E-state index in [1.54, 1.807) is 19.1 Å². The Hall–Kier alpha value is -2.94. The highest BCUT2D eigenvalue weighted by atomic mass is 32.2. The van der Waals surface area contributed by atoms with Crippen LogP contribution < -0.4 is 10.1 Å². The number of rotatable bonds is 6. The molecule has 0 spiro atoms. The zero-order chi connectivity index (χ0) is 20.3. The van der Waals surface area contributed by atoms with Gasteiger partial charge in [-0.15, -0.1) is 0 Å². The third-order valence-corrected chi connectivity index (χ3v) is 5.98. The molecule has 0 unspecified atom stereocenters. The van der Waals surface area contributed by atoms with Crippen molar-refractivity contribution in [1.82, 2.24) is 0 Å². The molecule has 1 saturated carbocycles. The number of aryl methyl sites for hydroxylation is 2. The SMILES string of the molecule is Cc1ccc(NS(=O)(=O)c2ccc(NN=C3CCCC3)c([N+](=O)[O-])c2)c(C)c1. The Morgan fingerprint density at radius 1 is 1.04 bits per heavy atom. The van der Waals surface area contributed by atoms with E-state index in [9.17, 15) is 18.5 Å². The van der Waals surface area contributed by atoms with Crippen LogP contribution in [0.2, 0.25) is 0 Å². The smallest absolute Gasteiger partial charge is 0.279 e. The zero-order valence-electron chi connectivity index (χ0n) is 15.7. The van der Waals surface area contributed by atoms with Crippen LogP contribution in [-0.2, 0) is 10.0 Å². The number of hydrazone groups is 1. The van der Waals surface area contributed by atoms with Crippen molar-refractivity contribution in [2.45, 2.75) is 44.4 Å². The lowest BCUT2D eigenvalue weighted by atomic mass is 10.1. The first kappa shape index (κ1) is 19.8. The molecular formula is C19H22N4O4S. The van der Waals surface area contributed by atoms with Gasteiger partial charge in [-0.25, -0.2) is 8.42 Å². The van der Waals surface area contributed by atoms with E-state index < -0.39 is 14.9 Å². The molecular weight excluding hydrogens is 380 g/mol. The number of benzene rings is 2. The monoisotopic (exact) mass is 402 g/mol. The van der Waals surface area contributed by atoms with Crippen molar-refractivity contribution < 1.29 is 13.3 Å². The molecule has 148 valence electrons. The summed E-state index contributed by atoms with van der Waals surface area (Å²) >= 11 is 0. The number of hydrogen-bond donors (Lipinski definition) is 2. The summed E-state index contributed by atoms with van der Waals surface area (Å²) in [4.78, 5) is 10.6. The minimum atomic E-state index is -3.97. The summed E-state index contributed by atoms with van der Waals surface area (Å²) in [5.41, 5.74) is 5.70. The average molecular weight is 402 g/mol. The molecule has 28 heavy (non-hydrogen) atoms. The van der Waals surface area contributed by atoms with Crippen LogP contribution in [0.4, 0.5) is 17.1 Å². The molecule has 0 aliphatic heterocycles. The molecule has 1 fully saturated rings. The van der Waals surface area contributed by atoms with Crippen LogP contribution in [0.5, 0.6) is 0 Å². The second-order valence-corrected chi connectivity index (χ2v) is 8.54. The Labute approximate surface area is 163 Å². The maximum Gasteiger partial charge on any atom is 0.295 e. The number of nitro benzene ring substituents is 1. The lowest BCUT2D eigenvalue weighted by Gasteiger charge is -2.12. The summed E-state index contributed by atoms with van der Waals surface area (Å²) < 4.78 is 27.9. The van der Waals surface area contributed by atoms with Gasteiger partial charge in [0.15, 0.2) is 0 Å². The fraction of sp³-hybridized carbons (Fsp3) is 0.316. The number of sulfonamides is 1. The number of anilines is 2. The van der Waals surface area contributed by atoms with Crippen LogP contribution in [-0.4, -0.2) is 19.1 Å². The highest BCUT2D eigenvalue weighted by Gasteiger charge is 2.22. The van der Waals surface area contributed by atoms with Crippen molar-refractivity contribution in [3.63, 3.8) is 0 Å². The molecule has 0 radical (unpaired) electrons. The molecule has 2 N–H and O–H groups in total. The Bertz CT molecular complexity index is 1040. The van der Waals surface area contributed by atoms with Crippen molar-refractivity contribution >= 4 is 32.8 Å². The average Bonchev–Trinajstić information content (AvgIpc) is 3.15. The van der Waals surface area contributed by atoms with Gasteiger partial charge in [-0.05, 0) is 63.3 Å². The largest absolute Gasteiger partial charge is 0.295 e. The van der Waals surface area contributed by atoms with E-state index in [0.717, 1.165) is 48.6 Å². The first-order chi connectivity index (χ1) is 13.3. The van der Waals surface area contributed by atoms with E-state index in [4.69, 9.17) is 0 Å². The molecule has 2 aromatic carbocycles. The van der Waals surface area contributed by atoms with Gasteiger partial charge < -0.3 is 0 Å². The van der Waals surface area contributed by atoms with Crippen molar-refractivity contribution in [1.29, 1.82) is 0 Å². The molecule has 0 saturated heterocycles. The van der Waals surface area contributed by atoms with Gasteiger partial charge >= 0.3 is 0 Å². The van der Waals surface area contributed by atoms with Gasteiger partial charge in [-0.2, -0.15) is 5.10 Å². The van der Waals surface area contributed by atoms with E-state index in [1.165, 1.54) is 12.1 Å². The summed E-state index contributed by atoms with van der Waals surface area (Å²) in [6.07, 6.45) is 3.86. The third kappa shape index (κ3) is 4.48. The molecule has 0 heterocycles. The van der Waals surface area contributed by atoms with Crippen LogP contribution in [0.15, 0.2) is 46.4 Å². The van der Waals surface area contributed by atoms with Crippen LogP contribution in [0.25, 0.3) is 0 Å². The first-order valence-electron chi connectivity index (χ1n) is 8.96. The van der Waals surface area contributed by atoms with Gasteiger partial charge in [0.25, 0.3) is 15.7 Å². The quantitative estimate of drug-likeness (QED) is 0.551. The van der Waals surface area contributed by atoms with Crippen LogP contribution in [0.3, 0.4) is 0 Å². The van der Waals surface area contributed by atoms with Crippen LogP contribution in [0.1, 0.15) is 36.8 Å². The normalized spacial score (nSPS) is 14.0. The summed E-state index contributed by atoms with van der Waals surface area (Å²) in [5.74, 6) is 0. The van der Waals surface area contributed by atoms with Gasteiger partial charge in [-0.3, -0.25) is 20.3 Å². The molecule has 0 bridgehead atoms. The van der Waals surface area contributed by atoms with E-state index in [-0.39, 0.29) is 16.3 Å². The molecule has 0 atom stereocenters. The van der Waals surface area contributed by atoms with E-state index >= 15 is 0 Å². The molecule has 3 rings (SSSR count). The number of nitro groups is 1. The number of nitrogens with one attached hydrogen (secondary N) is 2. The highest BCUT2D eigenvalue weighted by Crippen LogP contribution is 2.29. The fourth-order valence-electron chi connectivity index (χ4n) is 3.09. The van der Waals surface area contributed by atoms with E-state index in [2.05, 4.69) is 15.2 Å². The van der Waals surface area contributed by atoms with E-state index in [1.807, 2.05) is 13.0 Å². The minimum Gasteiger partial charge on any atom is -0.279 e. The first-order valence-corrected chi connectivity index (χ1v) is 10.4. The number of hydrogen-bond acceptors (Lipinski definition) is 6. The standard InChI is InChI=1S/C19H22N4O4S/c1-13-7-9-17(14(2)11-13)22-28(26,27)16-8-10-18(19(12-16)23(24)25)21-20-15-5-3-4-6-15/h7-12,21-22H,3-6H2,1-2H3. The van der Waals surface area contributed by atoms with Crippen molar-refractivity contribution in [2.75, 3.05) is 10.1 Å². The maximum atomic E-state index is 12.7. The Morgan fingerprint density at radius 2 is 1.71 bits per heavy atom. The molecule has 9 heteroatoms. The molecule has 1 aliphatic rings. The Balaban J connectivity index is 1.89. The second kappa shape index (κ2) is 7.97. The van der Waals surface area contributed by atoms with Gasteiger partial charge in [0.2, 0.25) is 0 Å². The van der Waals surface area contributed by atoms with Gasteiger partial charge in [-0.1, -0.05) is 17.7 Å². The van der Waals surface area contributed by atoms with Crippen molar-refractivity contribution in [3.8, 4) is 0 Å². The lowest BCUT2D eigenvalue weighted by Crippen LogP contribution is -2.14. The Morgan fingerprint density at radius 3 is 2.36 bits per heavy atom. The summed E-state index contributed by atoms with van der Waals surface area (Å²) in [5, 5.41) is 15.7. The summed E-state index contributed by atoms with van der Waals surface area (Å²) in [7, 11) is -3.97. The van der Waals surface area contributed by atoms with Crippen LogP contribution in [0, 0.1) is 24.0 Å². The second-order valence-electron chi connectivity index (χ2n) is 6.86. The van der Waals surface area contributed by atoms with Gasteiger partial charge in [0, 0.05) is 11.8 Å². The zero-order valence-corrected chi connectivity index (χ0v) is 16.5. The minimum absolute atomic E-state index is 0.162. The topological polar surface area (TPSA) is 114 Å². The predicted octanol–water partition coefficient (Wildman–Crippen LogP) is 4.35. The molecule has 0 amide bonds. The molecule has 8 nitrogen and oxygen atoms in total. The molecule has 2 aromatic rings. The third-order valence-electron chi connectivity index (χ3n) is 4.62. The lowest BCUT2D eigenvalue weighted by molar-refractivity contribution is -0.384. The van der Waals surface area contributed by atoms with Gasteiger partial charge in [0.1, 0.15) is 5.69 Å². The van der Waals surface area contributed by atoms with Crippen molar-refractivity contribution in [3.05, 3.63) is 57.6 Å². The van der Waals surface area contributed by atoms with E-state index in [0.29, 0.717) is 5.69 Å². The molecule has 1 aliphatic carbocycles. The summed E-state index contributed by atoms with van der Waals surface area (Å²) in [6.45, 7) is 3.71.